The predicted octanol–water partition coefficient (Wildman–Crippen LogP) is 3.29. The van der Waals surface area contributed by atoms with Crippen molar-refractivity contribution < 1.29 is 4.74 Å². The van der Waals surface area contributed by atoms with Crippen molar-refractivity contribution in [3.63, 3.8) is 0 Å². The van der Waals surface area contributed by atoms with Gasteiger partial charge in [0, 0.05) is 24.8 Å². The van der Waals surface area contributed by atoms with Crippen LogP contribution in [0.5, 0.6) is 0 Å². The number of nitrogens with zero attached hydrogens (tertiary/aromatic N) is 4. The van der Waals surface area contributed by atoms with Gasteiger partial charge < -0.3 is 9.64 Å². The van der Waals surface area contributed by atoms with E-state index in [1.807, 2.05) is 18.2 Å². The molecule has 27 heavy (non-hydrogen) atoms. The summed E-state index contributed by atoms with van der Waals surface area (Å²) in [6, 6.07) is 11.9. The smallest absolute Gasteiger partial charge is 0.275 e. The number of hydrogen-bond donors (Lipinski definition) is 0. The lowest BCUT2D eigenvalue weighted by Gasteiger charge is -2.31. The highest BCUT2D eigenvalue weighted by Gasteiger charge is 2.23. The van der Waals surface area contributed by atoms with Gasteiger partial charge in [-0.1, -0.05) is 55.0 Å². The molecule has 1 saturated heterocycles. The first kappa shape index (κ1) is 18.1. The Morgan fingerprint density at radius 1 is 1.22 bits per heavy atom. The number of hydrogen-bond acceptors (Lipinski definition) is 6. The van der Waals surface area contributed by atoms with E-state index in [1.54, 1.807) is 6.07 Å². The second kappa shape index (κ2) is 8.19. The molecule has 0 aliphatic carbocycles. The van der Waals surface area contributed by atoms with Gasteiger partial charge in [0.15, 0.2) is 0 Å². The van der Waals surface area contributed by atoms with Crippen LogP contribution in [-0.2, 0) is 17.8 Å². The minimum atomic E-state index is -0.0907. The van der Waals surface area contributed by atoms with E-state index in [0.717, 1.165) is 49.6 Å². The summed E-state index contributed by atoms with van der Waals surface area (Å²) in [7, 11) is 0. The minimum absolute atomic E-state index is 0.0907. The first-order chi connectivity index (χ1) is 13.2. The Bertz CT molecular complexity index is 946. The highest BCUT2D eigenvalue weighted by atomic mass is 32.1. The Kier molecular flexibility index (Phi) is 5.50. The van der Waals surface area contributed by atoms with Gasteiger partial charge in [-0.3, -0.25) is 4.79 Å². The van der Waals surface area contributed by atoms with Crippen molar-refractivity contribution in [2.75, 3.05) is 18.0 Å². The van der Waals surface area contributed by atoms with Gasteiger partial charge in [0.1, 0.15) is 0 Å². The Hall–Kier alpha value is -2.25. The first-order valence-electron chi connectivity index (χ1n) is 9.53. The summed E-state index contributed by atoms with van der Waals surface area (Å²) >= 11 is 1.50. The molecule has 1 aromatic carbocycles. The lowest BCUT2D eigenvalue weighted by atomic mass is 10.1. The number of piperidine rings is 1. The molecule has 0 saturated carbocycles. The van der Waals surface area contributed by atoms with Crippen molar-refractivity contribution in [3.8, 4) is 0 Å². The molecular formula is C20H24N4O2S. The lowest BCUT2D eigenvalue weighted by molar-refractivity contribution is 0.0251. The molecule has 1 aliphatic heterocycles. The molecule has 0 amide bonds. The highest BCUT2D eigenvalue weighted by molar-refractivity contribution is 7.20. The van der Waals surface area contributed by atoms with Crippen LogP contribution >= 0.6 is 11.3 Å². The fraction of sp³-hybridized carbons (Fsp3) is 0.450. The van der Waals surface area contributed by atoms with Gasteiger partial charge in [-0.25, -0.2) is 4.98 Å². The Morgan fingerprint density at radius 3 is 2.74 bits per heavy atom. The van der Waals surface area contributed by atoms with Crippen molar-refractivity contribution in [1.29, 1.82) is 0 Å². The van der Waals surface area contributed by atoms with Gasteiger partial charge in [0.25, 0.3) is 5.56 Å². The molecule has 0 N–H and O–H groups in total. The fourth-order valence-corrected chi connectivity index (χ4v) is 4.34. The quantitative estimate of drug-likeness (QED) is 0.653. The molecule has 6 nitrogen and oxygen atoms in total. The molecule has 4 rings (SSSR count). The van der Waals surface area contributed by atoms with Crippen LogP contribution in [0.2, 0.25) is 0 Å². The maximum absolute atomic E-state index is 12.3. The van der Waals surface area contributed by atoms with E-state index in [0.29, 0.717) is 11.6 Å². The van der Waals surface area contributed by atoms with Crippen LogP contribution in [0, 0.1) is 0 Å². The van der Waals surface area contributed by atoms with Crippen molar-refractivity contribution in [2.24, 2.45) is 0 Å². The average Bonchev–Trinajstić information content (AvgIpc) is 3.13. The molecule has 3 aromatic rings. The largest absolute Gasteiger partial charge is 0.373 e. The van der Waals surface area contributed by atoms with Crippen LogP contribution in [0.25, 0.3) is 4.96 Å². The zero-order valence-corrected chi connectivity index (χ0v) is 16.3. The average molecular weight is 385 g/mol. The van der Waals surface area contributed by atoms with Crippen LogP contribution in [0.4, 0.5) is 5.13 Å². The standard InChI is InChI=1S/C20H24N4O2S/c1-2-6-16-13-18(25)24-19(21-16)27-20(22-24)23-11-9-17(10-12-23)26-14-15-7-4-3-5-8-15/h3-5,7-8,13,17H,2,6,9-12,14H2,1H3. The molecule has 0 unspecified atom stereocenters. The second-order valence-electron chi connectivity index (χ2n) is 6.90. The third kappa shape index (κ3) is 4.20. The summed E-state index contributed by atoms with van der Waals surface area (Å²) in [4.78, 5) is 19.8. The minimum Gasteiger partial charge on any atom is -0.373 e. The third-order valence-corrected chi connectivity index (χ3v) is 5.80. The van der Waals surface area contributed by atoms with Gasteiger partial charge in [0.05, 0.1) is 12.7 Å². The number of fused-ring (bicyclic) bond motifs is 1. The van der Waals surface area contributed by atoms with Crippen molar-refractivity contribution in [2.45, 2.75) is 45.3 Å². The summed E-state index contributed by atoms with van der Waals surface area (Å²) in [6.07, 6.45) is 4.00. The van der Waals surface area contributed by atoms with E-state index in [9.17, 15) is 4.79 Å². The van der Waals surface area contributed by atoms with Crippen LogP contribution in [-0.4, -0.2) is 33.8 Å². The van der Waals surface area contributed by atoms with Gasteiger partial charge in [-0.15, -0.1) is 5.10 Å². The maximum Gasteiger partial charge on any atom is 0.275 e. The number of ether oxygens (including phenoxy) is 1. The maximum atomic E-state index is 12.3. The molecule has 142 valence electrons. The lowest BCUT2D eigenvalue weighted by Crippen LogP contribution is -2.37. The van der Waals surface area contributed by atoms with Crippen molar-refractivity contribution in [1.82, 2.24) is 14.6 Å². The molecule has 1 aliphatic rings. The van der Waals surface area contributed by atoms with E-state index in [1.165, 1.54) is 21.4 Å². The van der Waals surface area contributed by atoms with Gasteiger partial charge >= 0.3 is 0 Å². The second-order valence-corrected chi connectivity index (χ2v) is 7.83. The van der Waals surface area contributed by atoms with E-state index >= 15 is 0 Å². The molecule has 0 atom stereocenters. The third-order valence-electron chi connectivity index (χ3n) is 4.83. The normalized spacial score (nSPS) is 15.5. The van der Waals surface area contributed by atoms with Crippen LogP contribution < -0.4 is 10.5 Å². The topological polar surface area (TPSA) is 59.7 Å². The summed E-state index contributed by atoms with van der Waals surface area (Å²) in [5, 5.41) is 5.37. The number of rotatable bonds is 6. The highest BCUT2D eigenvalue weighted by Crippen LogP contribution is 2.26. The molecular weight excluding hydrogens is 360 g/mol. The van der Waals surface area contributed by atoms with Gasteiger partial charge in [-0.05, 0) is 24.8 Å². The van der Waals surface area contributed by atoms with E-state index in [2.05, 4.69) is 34.0 Å². The summed E-state index contributed by atoms with van der Waals surface area (Å²) in [5.41, 5.74) is 1.97. The summed E-state index contributed by atoms with van der Waals surface area (Å²) in [6.45, 7) is 4.52. The Balaban J connectivity index is 1.39. The fourth-order valence-electron chi connectivity index (χ4n) is 3.36. The Morgan fingerprint density at radius 2 is 2.00 bits per heavy atom. The van der Waals surface area contributed by atoms with Gasteiger partial charge in [0.2, 0.25) is 10.1 Å². The van der Waals surface area contributed by atoms with Gasteiger partial charge in [-0.2, -0.15) is 4.52 Å². The molecule has 3 heterocycles. The van der Waals surface area contributed by atoms with Crippen molar-refractivity contribution >= 4 is 21.4 Å². The van der Waals surface area contributed by atoms with E-state index in [4.69, 9.17) is 4.74 Å². The van der Waals surface area contributed by atoms with E-state index in [-0.39, 0.29) is 11.7 Å². The molecule has 0 spiro atoms. The van der Waals surface area contributed by atoms with Crippen LogP contribution in [0.1, 0.15) is 37.4 Å². The Labute approximate surface area is 162 Å². The number of anilines is 1. The number of aromatic nitrogens is 3. The molecule has 1 fully saturated rings. The number of aryl methyl sites for hydroxylation is 1. The molecule has 0 radical (unpaired) electrons. The van der Waals surface area contributed by atoms with Crippen LogP contribution in [0.15, 0.2) is 41.2 Å². The zero-order valence-electron chi connectivity index (χ0n) is 15.5. The van der Waals surface area contributed by atoms with Crippen molar-refractivity contribution in [3.05, 3.63) is 58.0 Å². The number of benzene rings is 1. The zero-order chi connectivity index (χ0) is 18.6. The summed E-state index contributed by atoms with van der Waals surface area (Å²) in [5.74, 6) is 0. The molecule has 0 bridgehead atoms. The monoisotopic (exact) mass is 384 g/mol. The molecule has 7 heteroatoms. The SMILES string of the molecule is CCCc1cc(=O)n2nc(N3CCC(OCc4ccccc4)CC3)sc2n1. The van der Waals surface area contributed by atoms with Crippen LogP contribution in [0.3, 0.4) is 0 Å². The van der Waals surface area contributed by atoms with E-state index < -0.39 is 0 Å². The predicted molar refractivity (Wildman–Crippen MR) is 108 cm³/mol. The first-order valence-corrected chi connectivity index (χ1v) is 10.3. The summed E-state index contributed by atoms with van der Waals surface area (Å²) < 4.78 is 7.49. The molecule has 2 aromatic heterocycles.